The molecule has 0 aromatic heterocycles. The summed E-state index contributed by atoms with van der Waals surface area (Å²) >= 11 is 3.47. The van der Waals surface area contributed by atoms with E-state index in [1.165, 1.54) is 28.8 Å². The average Bonchev–Trinajstić information content (AvgIpc) is 2.63. The van der Waals surface area contributed by atoms with E-state index in [4.69, 9.17) is 4.74 Å². The van der Waals surface area contributed by atoms with Crippen molar-refractivity contribution in [2.24, 2.45) is 0 Å². The summed E-state index contributed by atoms with van der Waals surface area (Å²) in [5.41, 5.74) is 5.72. The van der Waals surface area contributed by atoms with Crippen LogP contribution in [0.1, 0.15) is 58.4 Å². The molecule has 2 nitrogen and oxygen atoms in total. The first-order valence-electron chi connectivity index (χ1n) is 9.96. The number of hydrogen-bond donors (Lipinski definition) is 0. The number of unbranched alkanes of at least 4 members (excludes halogenated alkanes) is 1. The molecule has 1 aliphatic heterocycles. The Morgan fingerprint density at radius 3 is 2.81 bits per heavy atom. The molecule has 0 atom stereocenters. The third-order valence-corrected chi connectivity index (χ3v) is 5.37. The number of aryl methyl sites for hydroxylation is 1. The maximum absolute atomic E-state index is 5.91. The monoisotopic (exact) mass is 419 g/mol. The maximum atomic E-state index is 5.91. The first-order chi connectivity index (χ1) is 12.6. The number of hydrogen-bond acceptors (Lipinski definition) is 2. The molecule has 144 valence electrons. The molecule has 0 spiro atoms. The van der Waals surface area contributed by atoms with Gasteiger partial charge in [0.15, 0.2) is 0 Å². The molecule has 1 aliphatic rings. The predicted molar refractivity (Wildman–Crippen MR) is 118 cm³/mol. The van der Waals surface area contributed by atoms with Crippen molar-refractivity contribution in [1.29, 1.82) is 0 Å². The molecule has 26 heavy (non-hydrogen) atoms. The van der Waals surface area contributed by atoms with Crippen LogP contribution in [0.5, 0.6) is 5.75 Å². The minimum atomic E-state index is 0.807. The van der Waals surface area contributed by atoms with Crippen molar-refractivity contribution < 1.29 is 4.74 Å². The number of halogens is 1. The molecule has 0 amide bonds. The van der Waals surface area contributed by atoms with Crippen LogP contribution < -0.4 is 9.64 Å². The molecule has 0 bridgehead atoms. The van der Waals surface area contributed by atoms with Gasteiger partial charge in [-0.15, -0.1) is 0 Å². The van der Waals surface area contributed by atoms with Crippen LogP contribution in [-0.2, 0) is 6.42 Å². The Morgan fingerprint density at radius 2 is 2.04 bits per heavy atom. The number of anilines is 1. The fraction of sp³-hybridized carbons (Fsp3) is 0.565. The van der Waals surface area contributed by atoms with E-state index < -0.39 is 0 Å². The highest BCUT2D eigenvalue weighted by Gasteiger charge is 2.16. The Kier molecular flexibility index (Phi) is 9.31. The summed E-state index contributed by atoms with van der Waals surface area (Å²) in [5.74, 6) is 1.02. The molecule has 0 radical (unpaired) electrons. The van der Waals surface area contributed by atoms with Gasteiger partial charge in [0, 0.05) is 24.1 Å². The molecule has 0 saturated carbocycles. The van der Waals surface area contributed by atoms with E-state index in [0.29, 0.717) is 0 Å². The molecule has 3 heteroatoms. The Hall–Kier alpha value is -1.22. The highest BCUT2D eigenvalue weighted by molar-refractivity contribution is 9.09. The molecule has 2 rings (SSSR count). The summed E-state index contributed by atoms with van der Waals surface area (Å²) in [6, 6.07) is 6.64. The number of alkyl halides is 1. The van der Waals surface area contributed by atoms with Crippen molar-refractivity contribution in [3.8, 4) is 5.75 Å². The fourth-order valence-electron chi connectivity index (χ4n) is 3.27. The Morgan fingerprint density at radius 1 is 1.19 bits per heavy atom. The van der Waals surface area contributed by atoms with E-state index in [2.05, 4.69) is 72.0 Å². The van der Waals surface area contributed by atoms with Crippen molar-refractivity contribution in [3.63, 3.8) is 0 Å². The lowest BCUT2D eigenvalue weighted by Crippen LogP contribution is -2.29. The predicted octanol–water partition coefficient (Wildman–Crippen LogP) is 6.69. The Balaban J connectivity index is 1.92. The number of ether oxygens (including phenoxy) is 1. The van der Waals surface area contributed by atoms with Crippen LogP contribution in [0.2, 0.25) is 0 Å². The molecular weight excluding hydrogens is 386 g/mol. The average molecular weight is 420 g/mol. The second-order valence-electron chi connectivity index (χ2n) is 7.46. The van der Waals surface area contributed by atoms with E-state index >= 15 is 0 Å². The lowest BCUT2D eigenvalue weighted by atomic mass is 10.0. The van der Waals surface area contributed by atoms with Crippen molar-refractivity contribution in [3.05, 3.63) is 47.1 Å². The van der Waals surface area contributed by atoms with E-state index in [1.54, 1.807) is 0 Å². The van der Waals surface area contributed by atoms with E-state index in [0.717, 1.165) is 62.9 Å². The van der Waals surface area contributed by atoms with Gasteiger partial charge in [0.25, 0.3) is 0 Å². The van der Waals surface area contributed by atoms with E-state index in [-0.39, 0.29) is 0 Å². The van der Waals surface area contributed by atoms with Gasteiger partial charge >= 0.3 is 0 Å². The van der Waals surface area contributed by atoms with Gasteiger partial charge in [-0.05, 0) is 83.1 Å². The molecule has 0 aliphatic carbocycles. The summed E-state index contributed by atoms with van der Waals surface area (Å²) in [6.07, 6.45) is 11.7. The zero-order chi connectivity index (χ0) is 18.8. The third kappa shape index (κ3) is 7.19. The number of allylic oxidation sites excluding steroid dienone is 3. The molecule has 0 fully saturated rings. The van der Waals surface area contributed by atoms with Crippen LogP contribution in [0.4, 0.5) is 5.69 Å². The number of fused-ring (bicyclic) bond motifs is 1. The van der Waals surface area contributed by atoms with Crippen LogP contribution in [0, 0.1) is 0 Å². The number of rotatable bonds is 10. The quantitative estimate of drug-likeness (QED) is 0.238. The summed E-state index contributed by atoms with van der Waals surface area (Å²) in [5, 5.41) is 1.05. The molecule has 1 aromatic rings. The SMILES string of the molecule is CC(C)=CCC/C(C)=C/CN1CCCc2cc(OCCCCBr)ccc21. The van der Waals surface area contributed by atoms with Gasteiger partial charge in [-0.3, -0.25) is 0 Å². The van der Waals surface area contributed by atoms with Crippen LogP contribution in [0.3, 0.4) is 0 Å². The normalized spacial score (nSPS) is 14.2. The minimum Gasteiger partial charge on any atom is -0.494 e. The van der Waals surface area contributed by atoms with Gasteiger partial charge in [0.2, 0.25) is 0 Å². The highest BCUT2D eigenvalue weighted by atomic mass is 79.9. The lowest BCUT2D eigenvalue weighted by Gasteiger charge is -2.31. The highest BCUT2D eigenvalue weighted by Crippen LogP contribution is 2.30. The first-order valence-corrected chi connectivity index (χ1v) is 11.1. The van der Waals surface area contributed by atoms with Gasteiger partial charge in [-0.25, -0.2) is 0 Å². The Labute approximate surface area is 168 Å². The summed E-state index contributed by atoms with van der Waals surface area (Å²) in [6.45, 7) is 9.57. The molecule has 0 N–H and O–H groups in total. The van der Waals surface area contributed by atoms with Crippen LogP contribution >= 0.6 is 15.9 Å². The second-order valence-corrected chi connectivity index (χ2v) is 8.25. The van der Waals surface area contributed by atoms with Crippen LogP contribution in [0.15, 0.2) is 41.5 Å². The molecule has 1 heterocycles. The van der Waals surface area contributed by atoms with E-state index in [1.807, 2.05) is 0 Å². The zero-order valence-corrected chi connectivity index (χ0v) is 18.3. The summed E-state index contributed by atoms with van der Waals surface area (Å²) in [7, 11) is 0. The fourth-order valence-corrected chi connectivity index (χ4v) is 3.67. The van der Waals surface area contributed by atoms with E-state index in [9.17, 15) is 0 Å². The van der Waals surface area contributed by atoms with Crippen molar-refractivity contribution in [2.75, 3.05) is 29.9 Å². The standard InChI is InChI=1S/C23H34BrNO/c1-19(2)8-6-9-20(3)13-16-25-15-7-10-21-18-22(11-12-23(21)25)26-17-5-4-14-24/h8,11-13,18H,4-7,9-10,14-17H2,1-3H3/b20-13+. The van der Waals surface area contributed by atoms with Crippen LogP contribution in [0.25, 0.3) is 0 Å². The lowest BCUT2D eigenvalue weighted by molar-refractivity contribution is 0.309. The van der Waals surface area contributed by atoms with Crippen molar-refractivity contribution in [1.82, 2.24) is 0 Å². The van der Waals surface area contributed by atoms with Gasteiger partial charge in [-0.2, -0.15) is 0 Å². The van der Waals surface area contributed by atoms with Gasteiger partial charge in [0.1, 0.15) is 5.75 Å². The van der Waals surface area contributed by atoms with Crippen molar-refractivity contribution in [2.45, 2.75) is 59.3 Å². The molecular formula is C23H34BrNO. The first kappa shape index (κ1) is 21.1. The van der Waals surface area contributed by atoms with Gasteiger partial charge in [0.05, 0.1) is 6.61 Å². The van der Waals surface area contributed by atoms with Crippen molar-refractivity contribution >= 4 is 21.6 Å². The van der Waals surface area contributed by atoms with Gasteiger partial charge < -0.3 is 9.64 Å². The molecule has 0 unspecified atom stereocenters. The van der Waals surface area contributed by atoms with Gasteiger partial charge in [-0.1, -0.05) is 39.2 Å². The second kappa shape index (κ2) is 11.5. The summed E-state index contributed by atoms with van der Waals surface area (Å²) < 4.78 is 5.91. The minimum absolute atomic E-state index is 0.807. The summed E-state index contributed by atoms with van der Waals surface area (Å²) in [4.78, 5) is 2.51. The largest absolute Gasteiger partial charge is 0.494 e. The number of nitrogens with zero attached hydrogens (tertiary/aromatic N) is 1. The smallest absolute Gasteiger partial charge is 0.119 e. The third-order valence-electron chi connectivity index (χ3n) is 4.81. The van der Waals surface area contributed by atoms with Crippen LogP contribution in [-0.4, -0.2) is 25.0 Å². The maximum Gasteiger partial charge on any atom is 0.119 e. The molecule has 1 aromatic carbocycles. The zero-order valence-electron chi connectivity index (χ0n) is 16.7. The number of benzene rings is 1. The molecule has 0 saturated heterocycles. The Bertz CT molecular complexity index is 617. The topological polar surface area (TPSA) is 12.5 Å².